The minimum absolute atomic E-state index is 0.174. The van der Waals surface area contributed by atoms with Gasteiger partial charge in [0.2, 0.25) is 0 Å². The predicted molar refractivity (Wildman–Crippen MR) is 135 cm³/mol. The standard InChI is InChI=1S/C26H23N7O3/c1-2-6-21(35)29-14-5-7-19(34)25-32-22(23-24(27)30-15-16-33(23)25)17-9-11-18(12-10-17)26(36)31-20-8-3-4-13-28-20/h3-4,8-13,15-16H,5,7,14H2,1H3,(H2,27,30)(H,29,35)(H,28,31,36). The number of carbonyl (C=O) groups is 3. The van der Waals surface area contributed by atoms with Crippen LogP contribution in [0.15, 0.2) is 61.1 Å². The number of fused-ring (bicyclic) bond motifs is 1. The van der Waals surface area contributed by atoms with Crippen molar-refractivity contribution in [1.82, 2.24) is 24.7 Å². The third-order valence-corrected chi connectivity index (χ3v) is 5.26. The molecule has 0 atom stereocenters. The molecule has 0 aliphatic carbocycles. The Bertz CT molecular complexity index is 1480. The number of imidazole rings is 1. The Labute approximate surface area is 207 Å². The molecule has 4 rings (SSSR count). The first-order valence-electron chi connectivity index (χ1n) is 11.2. The van der Waals surface area contributed by atoms with E-state index in [-0.39, 0.29) is 35.7 Å². The maximum atomic E-state index is 13.0. The topological polar surface area (TPSA) is 144 Å². The molecule has 0 aliphatic rings. The zero-order valence-electron chi connectivity index (χ0n) is 19.5. The molecule has 0 bridgehead atoms. The van der Waals surface area contributed by atoms with Crippen LogP contribution in [0.2, 0.25) is 0 Å². The minimum atomic E-state index is -0.380. The van der Waals surface area contributed by atoms with E-state index in [1.165, 1.54) is 6.20 Å². The summed E-state index contributed by atoms with van der Waals surface area (Å²) in [7, 11) is 0. The SMILES string of the molecule is CC#CC(=O)NCCCC(=O)c1nc(-c2ccc(C(=O)Nc3ccccn3)cc2)c2c(N)nccn12. The van der Waals surface area contributed by atoms with Crippen molar-refractivity contribution >= 4 is 34.8 Å². The van der Waals surface area contributed by atoms with Crippen LogP contribution in [0.4, 0.5) is 11.6 Å². The van der Waals surface area contributed by atoms with Crippen LogP contribution in [0.3, 0.4) is 0 Å². The fourth-order valence-corrected chi connectivity index (χ4v) is 3.59. The number of nitrogens with one attached hydrogen (secondary N) is 2. The van der Waals surface area contributed by atoms with Crippen molar-refractivity contribution in [3.63, 3.8) is 0 Å². The van der Waals surface area contributed by atoms with E-state index in [0.29, 0.717) is 41.1 Å². The number of ketones is 1. The first kappa shape index (κ1) is 24.1. The van der Waals surface area contributed by atoms with Crippen LogP contribution in [-0.2, 0) is 4.79 Å². The molecule has 36 heavy (non-hydrogen) atoms. The lowest BCUT2D eigenvalue weighted by Crippen LogP contribution is -2.23. The number of rotatable bonds is 8. The van der Waals surface area contributed by atoms with Gasteiger partial charge < -0.3 is 16.4 Å². The number of Topliss-reactive ketones (excluding diaryl/α,β-unsaturated/α-hetero) is 1. The molecule has 0 unspecified atom stereocenters. The molecular formula is C26H23N7O3. The van der Waals surface area contributed by atoms with E-state index in [4.69, 9.17) is 5.73 Å². The summed E-state index contributed by atoms with van der Waals surface area (Å²) >= 11 is 0. The highest BCUT2D eigenvalue weighted by molar-refractivity contribution is 6.04. The molecule has 0 saturated carbocycles. The zero-order chi connectivity index (χ0) is 25.5. The lowest BCUT2D eigenvalue weighted by molar-refractivity contribution is -0.115. The summed E-state index contributed by atoms with van der Waals surface area (Å²) < 4.78 is 1.61. The van der Waals surface area contributed by atoms with Crippen LogP contribution in [0.25, 0.3) is 16.8 Å². The lowest BCUT2D eigenvalue weighted by Gasteiger charge is -2.05. The van der Waals surface area contributed by atoms with Gasteiger partial charge in [-0.1, -0.05) is 24.1 Å². The summed E-state index contributed by atoms with van der Waals surface area (Å²) in [5.74, 6) is 4.91. The molecule has 0 fully saturated rings. The number of anilines is 2. The number of benzene rings is 1. The van der Waals surface area contributed by atoms with Crippen LogP contribution in [-0.4, -0.2) is 43.5 Å². The second kappa shape index (κ2) is 10.9. The van der Waals surface area contributed by atoms with E-state index in [1.54, 1.807) is 66.2 Å². The van der Waals surface area contributed by atoms with Crippen molar-refractivity contribution in [2.75, 3.05) is 17.6 Å². The Kier molecular flexibility index (Phi) is 7.31. The highest BCUT2D eigenvalue weighted by atomic mass is 16.2. The van der Waals surface area contributed by atoms with Crippen molar-refractivity contribution in [2.24, 2.45) is 0 Å². The van der Waals surface area contributed by atoms with Gasteiger partial charge in [0.25, 0.3) is 11.8 Å². The summed E-state index contributed by atoms with van der Waals surface area (Å²) in [5.41, 5.74) is 8.23. The van der Waals surface area contributed by atoms with E-state index >= 15 is 0 Å². The normalized spacial score (nSPS) is 10.4. The van der Waals surface area contributed by atoms with Gasteiger partial charge in [0.1, 0.15) is 22.8 Å². The fourth-order valence-electron chi connectivity index (χ4n) is 3.59. The Morgan fingerprint density at radius 3 is 2.58 bits per heavy atom. The summed E-state index contributed by atoms with van der Waals surface area (Å²) in [6.45, 7) is 1.90. The molecule has 4 N–H and O–H groups in total. The van der Waals surface area contributed by atoms with Crippen LogP contribution in [0, 0.1) is 11.8 Å². The summed E-state index contributed by atoms with van der Waals surface area (Å²) in [5, 5.41) is 5.37. The molecule has 180 valence electrons. The quantitative estimate of drug-likeness (QED) is 0.199. The largest absolute Gasteiger partial charge is 0.382 e. The monoisotopic (exact) mass is 481 g/mol. The van der Waals surface area contributed by atoms with Gasteiger partial charge in [-0.15, -0.1) is 0 Å². The number of nitrogen functional groups attached to an aromatic ring is 1. The van der Waals surface area contributed by atoms with Crippen molar-refractivity contribution < 1.29 is 14.4 Å². The minimum Gasteiger partial charge on any atom is -0.382 e. The molecule has 3 aromatic heterocycles. The molecule has 0 spiro atoms. The van der Waals surface area contributed by atoms with E-state index < -0.39 is 0 Å². The molecule has 10 heteroatoms. The van der Waals surface area contributed by atoms with Gasteiger partial charge in [-0.05, 0) is 43.5 Å². The molecule has 3 heterocycles. The van der Waals surface area contributed by atoms with Crippen LogP contribution >= 0.6 is 0 Å². The maximum absolute atomic E-state index is 13.0. The first-order valence-corrected chi connectivity index (χ1v) is 11.2. The van der Waals surface area contributed by atoms with Crippen molar-refractivity contribution in [2.45, 2.75) is 19.8 Å². The summed E-state index contributed by atoms with van der Waals surface area (Å²) in [6.07, 6.45) is 5.33. The molecular weight excluding hydrogens is 458 g/mol. The number of hydrogen-bond donors (Lipinski definition) is 3. The Balaban J connectivity index is 1.55. The Morgan fingerprint density at radius 1 is 1.06 bits per heavy atom. The lowest BCUT2D eigenvalue weighted by atomic mass is 10.1. The van der Waals surface area contributed by atoms with Crippen LogP contribution < -0.4 is 16.4 Å². The molecule has 0 aliphatic heterocycles. The van der Waals surface area contributed by atoms with Gasteiger partial charge in [0.05, 0.1) is 0 Å². The zero-order valence-corrected chi connectivity index (χ0v) is 19.5. The first-order chi connectivity index (χ1) is 17.5. The van der Waals surface area contributed by atoms with Gasteiger partial charge in [0, 0.05) is 42.7 Å². The number of nitrogens with zero attached hydrogens (tertiary/aromatic N) is 4. The average molecular weight is 482 g/mol. The van der Waals surface area contributed by atoms with E-state index in [2.05, 4.69) is 37.4 Å². The molecule has 4 aromatic rings. The number of hydrogen-bond acceptors (Lipinski definition) is 7. The number of nitrogens with two attached hydrogens (primary N) is 1. The number of pyridine rings is 1. The van der Waals surface area contributed by atoms with Gasteiger partial charge in [-0.2, -0.15) is 0 Å². The van der Waals surface area contributed by atoms with Gasteiger partial charge in [0.15, 0.2) is 11.6 Å². The van der Waals surface area contributed by atoms with E-state index in [0.717, 1.165) is 0 Å². The Hall–Kier alpha value is -5.04. The number of aromatic nitrogens is 4. The third-order valence-electron chi connectivity index (χ3n) is 5.26. The van der Waals surface area contributed by atoms with Crippen LogP contribution in [0.5, 0.6) is 0 Å². The fraction of sp³-hybridized carbons (Fsp3) is 0.154. The second-order valence-electron chi connectivity index (χ2n) is 7.72. The van der Waals surface area contributed by atoms with Gasteiger partial charge >= 0.3 is 0 Å². The van der Waals surface area contributed by atoms with Gasteiger partial charge in [-0.25, -0.2) is 15.0 Å². The highest BCUT2D eigenvalue weighted by Gasteiger charge is 2.20. The summed E-state index contributed by atoms with van der Waals surface area (Å²) in [6, 6.07) is 12.0. The number of carbonyl (C=O) groups excluding carboxylic acids is 3. The molecule has 0 radical (unpaired) electrons. The number of amides is 2. The molecule has 10 nitrogen and oxygen atoms in total. The van der Waals surface area contributed by atoms with Crippen molar-refractivity contribution in [1.29, 1.82) is 0 Å². The third kappa shape index (κ3) is 5.37. The Morgan fingerprint density at radius 2 is 1.86 bits per heavy atom. The maximum Gasteiger partial charge on any atom is 0.295 e. The molecule has 2 amide bonds. The van der Waals surface area contributed by atoms with E-state index in [1.807, 2.05) is 0 Å². The van der Waals surface area contributed by atoms with Crippen LogP contribution in [0.1, 0.15) is 40.7 Å². The highest BCUT2D eigenvalue weighted by Crippen LogP contribution is 2.29. The average Bonchev–Trinajstić information content (AvgIpc) is 3.28. The predicted octanol–water partition coefficient (Wildman–Crippen LogP) is 2.73. The van der Waals surface area contributed by atoms with Crippen molar-refractivity contribution in [3.05, 3.63) is 72.4 Å². The molecule has 1 aromatic carbocycles. The van der Waals surface area contributed by atoms with Gasteiger partial charge in [-0.3, -0.25) is 18.8 Å². The smallest absolute Gasteiger partial charge is 0.295 e. The van der Waals surface area contributed by atoms with E-state index in [9.17, 15) is 14.4 Å². The van der Waals surface area contributed by atoms with Crippen molar-refractivity contribution in [3.8, 4) is 23.1 Å². The summed E-state index contributed by atoms with van der Waals surface area (Å²) in [4.78, 5) is 49.8. The second-order valence-corrected chi connectivity index (χ2v) is 7.72. The molecule has 0 saturated heterocycles.